The highest BCUT2D eigenvalue weighted by atomic mass is 32.1. The molecule has 2 aromatic carbocycles. The second-order valence-electron chi connectivity index (χ2n) is 7.26. The summed E-state index contributed by atoms with van der Waals surface area (Å²) in [5.74, 6) is 1.01. The monoisotopic (exact) mass is 407 g/mol. The summed E-state index contributed by atoms with van der Waals surface area (Å²) >= 11 is 1.60. The van der Waals surface area contributed by atoms with Crippen LogP contribution in [0.2, 0.25) is 0 Å². The summed E-state index contributed by atoms with van der Waals surface area (Å²) in [6, 6.07) is 16.4. The molecule has 5 nitrogen and oxygen atoms in total. The Balaban J connectivity index is 1.33. The predicted molar refractivity (Wildman–Crippen MR) is 118 cm³/mol. The SMILES string of the molecule is COc1ccc(N2CCN(C(=O)Cc3csc(-c4cccc(C)c4)n3)CC2)cc1. The number of carbonyl (C=O) groups excluding carboxylic acids is 1. The number of thiazole rings is 1. The molecule has 1 aromatic heterocycles. The maximum Gasteiger partial charge on any atom is 0.228 e. The number of aryl methyl sites for hydroxylation is 1. The molecule has 1 fully saturated rings. The molecule has 4 rings (SSSR count). The molecule has 0 bridgehead atoms. The smallest absolute Gasteiger partial charge is 0.228 e. The molecule has 0 spiro atoms. The molecule has 6 heteroatoms. The van der Waals surface area contributed by atoms with Crippen molar-refractivity contribution in [3.63, 3.8) is 0 Å². The Morgan fingerprint density at radius 1 is 1.10 bits per heavy atom. The molecule has 0 atom stereocenters. The van der Waals surface area contributed by atoms with E-state index >= 15 is 0 Å². The lowest BCUT2D eigenvalue weighted by atomic mass is 10.1. The summed E-state index contributed by atoms with van der Waals surface area (Å²) in [5.41, 5.74) is 4.35. The fraction of sp³-hybridized carbons (Fsp3) is 0.304. The summed E-state index contributed by atoms with van der Waals surface area (Å²) in [4.78, 5) is 21.7. The lowest BCUT2D eigenvalue weighted by Gasteiger charge is -2.36. The van der Waals surface area contributed by atoms with Gasteiger partial charge < -0.3 is 14.5 Å². The van der Waals surface area contributed by atoms with Gasteiger partial charge in [0.05, 0.1) is 19.2 Å². The zero-order valence-corrected chi connectivity index (χ0v) is 17.6. The van der Waals surface area contributed by atoms with Gasteiger partial charge in [-0.15, -0.1) is 11.3 Å². The Morgan fingerprint density at radius 2 is 1.86 bits per heavy atom. The number of hydrogen-bond donors (Lipinski definition) is 0. The van der Waals surface area contributed by atoms with Crippen LogP contribution in [0.15, 0.2) is 53.9 Å². The van der Waals surface area contributed by atoms with E-state index < -0.39 is 0 Å². The number of aromatic nitrogens is 1. The molecule has 0 aliphatic carbocycles. The standard InChI is InChI=1S/C23H25N3O2S/c1-17-4-3-5-18(14-17)23-24-19(16-29-23)15-22(27)26-12-10-25(11-13-26)20-6-8-21(28-2)9-7-20/h3-9,14,16H,10-13,15H2,1-2H3. The van der Waals surface area contributed by atoms with Gasteiger partial charge in [0, 0.05) is 42.8 Å². The molecule has 1 aliphatic rings. The topological polar surface area (TPSA) is 45.7 Å². The highest BCUT2D eigenvalue weighted by Crippen LogP contribution is 2.25. The first kappa shape index (κ1) is 19.5. The quantitative estimate of drug-likeness (QED) is 0.641. The molecular formula is C23H25N3O2S. The van der Waals surface area contributed by atoms with Gasteiger partial charge in [-0.25, -0.2) is 4.98 Å². The number of hydrogen-bond acceptors (Lipinski definition) is 5. The molecule has 2 heterocycles. The number of ether oxygens (including phenoxy) is 1. The average Bonchev–Trinajstić information content (AvgIpc) is 3.22. The Bertz CT molecular complexity index is 976. The number of anilines is 1. The highest BCUT2D eigenvalue weighted by molar-refractivity contribution is 7.13. The zero-order valence-electron chi connectivity index (χ0n) is 16.8. The number of amides is 1. The number of rotatable bonds is 5. The van der Waals surface area contributed by atoms with E-state index in [9.17, 15) is 4.79 Å². The lowest BCUT2D eigenvalue weighted by molar-refractivity contribution is -0.130. The van der Waals surface area contributed by atoms with Crippen LogP contribution in [0.4, 0.5) is 5.69 Å². The number of benzene rings is 2. The van der Waals surface area contributed by atoms with Crippen molar-refractivity contribution in [1.29, 1.82) is 0 Å². The van der Waals surface area contributed by atoms with E-state index in [1.54, 1.807) is 18.4 Å². The van der Waals surface area contributed by atoms with Gasteiger partial charge in [0.25, 0.3) is 0 Å². The van der Waals surface area contributed by atoms with Crippen LogP contribution in [-0.4, -0.2) is 49.1 Å². The Labute approximate surface area is 175 Å². The second-order valence-corrected chi connectivity index (χ2v) is 8.11. The fourth-order valence-corrected chi connectivity index (χ4v) is 4.39. The van der Waals surface area contributed by atoms with Crippen molar-refractivity contribution >= 4 is 22.9 Å². The van der Waals surface area contributed by atoms with E-state index in [1.807, 2.05) is 28.5 Å². The Kier molecular flexibility index (Phi) is 5.81. The first-order valence-electron chi connectivity index (χ1n) is 9.80. The van der Waals surface area contributed by atoms with Gasteiger partial charge in [0.2, 0.25) is 5.91 Å². The van der Waals surface area contributed by atoms with Gasteiger partial charge in [0.15, 0.2) is 0 Å². The number of methoxy groups -OCH3 is 1. The molecule has 0 N–H and O–H groups in total. The minimum Gasteiger partial charge on any atom is -0.497 e. The largest absolute Gasteiger partial charge is 0.497 e. The van der Waals surface area contributed by atoms with E-state index in [1.165, 1.54) is 11.3 Å². The van der Waals surface area contributed by atoms with Crippen LogP contribution >= 0.6 is 11.3 Å². The predicted octanol–water partition coefficient (Wildman–Crippen LogP) is 4.02. The van der Waals surface area contributed by atoms with Crippen LogP contribution in [0.25, 0.3) is 10.6 Å². The molecule has 29 heavy (non-hydrogen) atoms. The Hall–Kier alpha value is -2.86. The van der Waals surface area contributed by atoms with Crippen molar-refractivity contribution in [2.45, 2.75) is 13.3 Å². The summed E-state index contributed by atoms with van der Waals surface area (Å²) in [6.45, 7) is 5.22. The minimum atomic E-state index is 0.153. The molecule has 150 valence electrons. The van der Waals surface area contributed by atoms with Gasteiger partial charge in [-0.3, -0.25) is 4.79 Å². The van der Waals surface area contributed by atoms with Gasteiger partial charge in [0.1, 0.15) is 10.8 Å². The van der Waals surface area contributed by atoms with Gasteiger partial charge in [-0.1, -0.05) is 23.8 Å². The molecule has 1 amide bonds. The first-order valence-corrected chi connectivity index (χ1v) is 10.7. The average molecular weight is 408 g/mol. The molecule has 3 aromatic rings. The van der Waals surface area contributed by atoms with Crippen molar-refractivity contribution in [1.82, 2.24) is 9.88 Å². The van der Waals surface area contributed by atoms with Crippen LogP contribution in [0.5, 0.6) is 5.75 Å². The summed E-state index contributed by atoms with van der Waals surface area (Å²) < 4.78 is 5.22. The molecule has 0 unspecified atom stereocenters. The lowest BCUT2D eigenvalue weighted by Crippen LogP contribution is -2.49. The first-order chi connectivity index (χ1) is 14.1. The van der Waals surface area contributed by atoms with Crippen molar-refractivity contribution in [3.05, 3.63) is 65.2 Å². The number of carbonyl (C=O) groups is 1. The van der Waals surface area contributed by atoms with E-state index in [2.05, 4.69) is 47.1 Å². The maximum absolute atomic E-state index is 12.7. The number of piperazine rings is 1. The molecule has 1 saturated heterocycles. The summed E-state index contributed by atoms with van der Waals surface area (Å²) in [7, 11) is 1.67. The van der Waals surface area contributed by atoms with Crippen molar-refractivity contribution in [3.8, 4) is 16.3 Å². The van der Waals surface area contributed by atoms with Crippen LogP contribution in [0, 0.1) is 6.92 Å². The van der Waals surface area contributed by atoms with E-state index in [4.69, 9.17) is 4.74 Å². The van der Waals surface area contributed by atoms with E-state index in [-0.39, 0.29) is 5.91 Å². The summed E-state index contributed by atoms with van der Waals surface area (Å²) in [6.07, 6.45) is 0.366. The van der Waals surface area contributed by atoms with Crippen LogP contribution in [-0.2, 0) is 11.2 Å². The molecule has 0 radical (unpaired) electrons. The third-order valence-electron chi connectivity index (χ3n) is 5.22. The van der Waals surface area contributed by atoms with E-state index in [0.717, 1.165) is 48.2 Å². The number of nitrogens with zero attached hydrogens (tertiary/aromatic N) is 3. The molecular weight excluding hydrogens is 382 g/mol. The van der Waals surface area contributed by atoms with Crippen molar-refractivity contribution in [2.75, 3.05) is 38.2 Å². The van der Waals surface area contributed by atoms with E-state index in [0.29, 0.717) is 6.42 Å². The molecule has 1 aliphatic heterocycles. The van der Waals surface area contributed by atoms with Crippen LogP contribution in [0.1, 0.15) is 11.3 Å². The third kappa shape index (κ3) is 4.59. The molecule has 0 saturated carbocycles. The normalized spacial score (nSPS) is 14.1. The third-order valence-corrected chi connectivity index (χ3v) is 6.16. The minimum absolute atomic E-state index is 0.153. The van der Waals surface area contributed by atoms with Gasteiger partial charge in [-0.2, -0.15) is 0 Å². The van der Waals surface area contributed by atoms with Gasteiger partial charge >= 0.3 is 0 Å². The second kappa shape index (κ2) is 8.66. The zero-order chi connectivity index (χ0) is 20.2. The fourth-order valence-electron chi connectivity index (χ4n) is 3.57. The van der Waals surface area contributed by atoms with Crippen LogP contribution in [0.3, 0.4) is 0 Å². The highest BCUT2D eigenvalue weighted by Gasteiger charge is 2.22. The summed E-state index contributed by atoms with van der Waals surface area (Å²) in [5, 5.41) is 2.98. The Morgan fingerprint density at radius 3 is 2.55 bits per heavy atom. The van der Waals surface area contributed by atoms with Crippen LogP contribution < -0.4 is 9.64 Å². The van der Waals surface area contributed by atoms with Crippen molar-refractivity contribution in [2.24, 2.45) is 0 Å². The van der Waals surface area contributed by atoms with Crippen molar-refractivity contribution < 1.29 is 9.53 Å². The maximum atomic E-state index is 12.7. The van der Waals surface area contributed by atoms with Gasteiger partial charge in [-0.05, 0) is 37.3 Å².